The lowest BCUT2D eigenvalue weighted by atomic mass is 9.95. The van der Waals surface area contributed by atoms with Crippen LogP contribution in [-0.4, -0.2) is 122 Å². The molecule has 2 fully saturated rings. The molecule has 0 aromatic heterocycles. The van der Waals surface area contributed by atoms with Gasteiger partial charge in [-0.05, 0) is 51.4 Å². The maximum absolute atomic E-state index is 13.5. The van der Waals surface area contributed by atoms with E-state index in [1.165, 1.54) is 0 Å². The highest BCUT2D eigenvalue weighted by Gasteiger charge is 2.58. The minimum Gasteiger partial charge on any atom is -0.463 e. The van der Waals surface area contributed by atoms with Gasteiger partial charge >= 0.3 is 47.8 Å². The lowest BCUT2D eigenvalue weighted by Crippen LogP contribution is -2.67. The first-order valence-corrected chi connectivity index (χ1v) is 22.6. The summed E-state index contributed by atoms with van der Waals surface area (Å²) in [4.78, 5) is 105. The van der Waals surface area contributed by atoms with E-state index in [0.29, 0.717) is 51.4 Å². The third-order valence-corrected chi connectivity index (χ3v) is 9.51. The monoisotopic (exact) mass is 902 g/mol. The number of esters is 8. The Balaban J connectivity index is 2.96. The van der Waals surface area contributed by atoms with Crippen LogP contribution in [0.5, 0.6) is 0 Å². The Morgan fingerprint density at radius 2 is 0.587 bits per heavy atom. The third kappa shape index (κ3) is 18.7. The van der Waals surface area contributed by atoms with Gasteiger partial charge in [0, 0.05) is 51.4 Å². The molecule has 0 saturated carbocycles. The van der Waals surface area contributed by atoms with Crippen molar-refractivity contribution in [2.24, 2.45) is 0 Å². The summed E-state index contributed by atoms with van der Waals surface area (Å²) in [5.41, 5.74) is 0. The summed E-state index contributed by atoms with van der Waals surface area (Å²) in [5, 5.41) is 0. The fourth-order valence-corrected chi connectivity index (χ4v) is 6.58. The van der Waals surface area contributed by atoms with Gasteiger partial charge in [-0.25, -0.2) is 0 Å². The molecule has 0 aliphatic carbocycles. The van der Waals surface area contributed by atoms with Crippen molar-refractivity contribution in [3.05, 3.63) is 0 Å². The van der Waals surface area contributed by atoms with E-state index in [9.17, 15) is 38.4 Å². The van der Waals surface area contributed by atoms with Crippen molar-refractivity contribution in [1.82, 2.24) is 0 Å². The summed E-state index contributed by atoms with van der Waals surface area (Å²) >= 11 is 0. The number of ether oxygens (including phenoxy) is 11. The second kappa shape index (κ2) is 29.9. The van der Waals surface area contributed by atoms with E-state index < -0.39 is 122 Å². The highest BCUT2D eigenvalue weighted by molar-refractivity contribution is 5.73. The maximum Gasteiger partial charge on any atom is 0.308 e. The average molecular weight is 903 g/mol. The van der Waals surface area contributed by atoms with Gasteiger partial charge in [-0.15, -0.1) is 0 Å². The van der Waals surface area contributed by atoms with E-state index in [1.807, 2.05) is 0 Å². The predicted octanol–water partition coefficient (Wildman–Crippen LogP) is 5.41. The molecule has 2 heterocycles. The zero-order valence-electron chi connectivity index (χ0n) is 38.3. The second-order valence-corrected chi connectivity index (χ2v) is 15.3. The van der Waals surface area contributed by atoms with Gasteiger partial charge in [-0.1, -0.05) is 55.4 Å². The fourth-order valence-electron chi connectivity index (χ4n) is 6.58. The molecule has 2 aliphatic heterocycles. The molecule has 0 aromatic carbocycles. The van der Waals surface area contributed by atoms with Crippen LogP contribution in [0.25, 0.3) is 0 Å². The van der Waals surface area contributed by atoms with E-state index in [-0.39, 0.29) is 51.4 Å². The molecule has 19 heteroatoms. The van der Waals surface area contributed by atoms with E-state index >= 15 is 0 Å². The number of rotatable bonds is 28. The lowest BCUT2D eigenvalue weighted by molar-refractivity contribution is -0.358. The van der Waals surface area contributed by atoms with Gasteiger partial charge in [-0.3, -0.25) is 38.4 Å². The van der Waals surface area contributed by atoms with Crippen LogP contribution in [0.3, 0.4) is 0 Å². The van der Waals surface area contributed by atoms with Crippen LogP contribution in [0.1, 0.15) is 158 Å². The van der Waals surface area contributed by atoms with E-state index in [1.54, 1.807) is 55.4 Å². The van der Waals surface area contributed by atoms with Crippen molar-refractivity contribution in [3.63, 3.8) is 0 Å². The van der Waals surface area contributed by atoms with Crippen molar-refractivity contribution < 1.29 is 90.5 Å². The van der Waals surface area contributed by atoms with E-state index in [4.69, 9.17) is 52.1 Å². The Morgan fingerprint density at radius 1 is 0.317 bits per heavy atom. The molecule has 2 saturated heterocycles. The van der Waals surface area contributed by atoms with Crippen molar-refractivity contribution in [2.45, 2.75) is 220 Å². The van der Waals surface area contributed by atoms with Gasteiger partial charge in [0.15, 0.2) is 30.7 Å². The molecule has 360 valence electrons. The van der Waals surface area contributed by atoms with Crippen LogP contribution in [0.15, 0.2) is 0 Å². The molecule has 0 bridgehead atoms. The molecule has 2 rings (SSSR count). The minimum atomic E-state index is -1.83. The van der Waals surface area contributed by atoms with Crippen LogP contribution in [0.2, 0.25) is 0 Å². The van der Waals surface area contributed by atoms with Crippen LogP contribution in [0, 0.1) is 0 Å². The fraction of sp³-hybridized carbons (Fsp3) is 0.818. The summed E-state index contributed by atoms with van der Waals surface area (Å²) in [6, 6.07) is 0. The minimum absolute atomic E-state index is 0.0158. The highest BCUT2D eigenvalue weighted by Crippen LogP contribution is 2.36. The molecular formula is C44H70O19. The molecule has 0 aromatic rings. The average Bonchev–Trinajstić information content (AvgIpc) is 3.21. The molecule has 0 radical (unpaired) electrons. The molecule has 10 atom stereocenters. The molecule has 0 unspecified atom stereocenters. The Labute approximate surface area is 370 Å². The van der Waals surface area contributed by atoms with Crippen LogP contribution in [-0.2, 0) is 90.5 Å². The zero-order chi connectivity index (χ0) is 46.9. The first-order valence-electron chi connectivity index (χ1n) is 22.6. The Hall–Kier alpha value is -4.36. The van der Waals surface area contributed by atoms with E-state index in [0.717, 1.165) is 0 Å². The number of hydrogen-bond donors (Lipinski definition) is 0. The summed E-state index contributed by atoms with van der Waals surface area (Å²) < 4.78 is 65.7. The predicted molar refractivity (Wildman–Crippen MR) is 219 cm³/mol. The number of carbonyl (C=O) groups excluding carboxylic acids is 8. The molecular weight excluding hydrogens is 832 g/mol. The van der Waals surface area contributed by atoms with Crippen molar-refractivity contribution in [2.75, 3.05) is 13.2 Å². The molecule has 2 aliphatic rings. The van der Waals surface area contributed by atoms with Gasteiger partial charge in [-0.2, -0.15) is 0 Å². The summed E-state index contributed by atoms with van der Waals surface area (Å²) in [7, 11) is 0. The Bertz CT molecular complexity index is 1470. The van der Waals surface area contributed by atoms with E-state index in [2.05, 4.69) is 0 Å². The molecule has 0 N–H and O–H groups in total. The summed E-state index contributed by atoms with van der Waals surface area (Å²) in [6.07, 6.45) is -13.7. The second-order valence-electron chi connectivity index (χ2n) is 15.3. The SMILES string of the molecule is CCCC(=O)OC[C@H]1O[C@H](O[C@H]2[C@H](OC(=O)CCC)[C@@H](OC(=O)CCC)[C@H](OC(=O)CCC)O[C@@H]2COC(=O)CCC)[C@H](OC(=O)CCC)[C@@H](OC(=O)CCC)[C@@H]1OC(=O)CCC. The highest BCUT2D eigenvalue weighted by atomic mass is 16.8. The molecule has 19 nitrogen and oxygen atoms in total. The molecule has 0 amide bonds. The first kappa shape index (κ1) is 54.8. The number of hydrogen-bond acceptors (Lipinski definition) is 19. The summed E-state index contributed by atoms with van der Waals surface area (Å²) in [6.45, 7) is 12.8. The van der Waals surface area contributed by atoms with Crippen molar-refractivity contribution in [3.8, 4) is 0 Å². The first-order chi connectivity index (χ1) is 30.2. The lowest BCUT2D eigenvalue weighted by Gasteiger charge is -2.48. The maximum atomic E-state index is 13.5. The molecule has 63 heavy (non-hydrogen) atoms. The van der Waals surface area contributed by atoms with Crippen molar-refractivity contribution >= 4 is 47.8 Å². The van der Waals surface area contributed by atoms with Gasteiger partial charge in [0.25, 0.3) is 0 Å². The smallest absolute Gasteiger partial charge is 0.308 e. The Kier molecular flexibility index (Phi) is 26.0. The topological polar surface area (TPSA) is 238 Å². The van der Waals surface area contributed by atoms with Crippen LogP contribution < -0.4 is 0 Å². The number of carbonyl (C=O) groups is 8. The third-order valence-electron chi connectivity index (χ3n) is 9.51. The standard InChI is InChI=1S/C44H70O19/c1-9-17-29(45)53-25-27-37(57-31(47)19-11-3)39(58-32(48)20-12-4)42(61-35(51)23-15-7)44(56-27)63-38-28(26-54-30(46)18-10-2)55-43(62-36(52)24-16-8)41(60-34(50)22-14-6)40(38)59-33(49)21-13-5/h27-28,37-44H,9-26H2,1-8H3/t27-,28-,37-,38-,39+,40+,41-,42-,43+,44-/m1/s1. The zero-order valence-corrected chi connectivity index (χ0v) is 38.3. The van der Waals surface area contributed by atoms with Gasteiger partial charge in [0.1, 0.15) is 31.5 Å². The van der Waals surface area contributed by atoms with Crippen LogP contribution >= 0.6 is 0 Å². The Morgan fingerprint density at radius 3 is 0.968 bits per heavy atom. The van der Waals surface area contributed by atoms with Crippen LogP contribution in [0.4, 0.5) is 0 Å². The summed E-state index contributed by atoms with van der Waals surface area (Å²) in [5.74, 6) is -5.80. The van der Waals surface area contributed by atoms with Crippen molar-refractivity contribution in [1.29, 1.82) is 0 Å². The largest absolute Gasteiger partial charge is 0.463 e. The van der Waals surface area contributed by atoms with Gasteiger partial charge in [0.05, 0.1) is 0 Å². The molecule has 0 spiro atoms. The normalized spacial score (nSPS) is 25.5. The van der Waals surface area contributed by atoms with Gasteiger partial charge < -0.3 is 52.1 Å². The van der Waals surface area contributed by atoms with Gasteiger partial charge in [0.2, 0.25) is 12.4 Å². The quantitative estimate of drug-likeness (QED) is 0.0704.